The number of hydrogen-bond donors (Lipinski definition) is 2. The summed E-state index contributed by atoms with van der Waals surface area (Å²) in [6, 6.07) is 20.9. The number of fused-ring (bicyclic) bond motifs is 2. The Morgan fingerprint density at radius 3 is 2.24 bits per heavy atom. The van der Waals surface area contributed by atoms with Crippen molar-refractivity contribution in [3.8, 4) is 16.9 Å². The summed E-state index contributed by atoms with van der Waals surface area (Å²) in [4.78, 5) is -0.105. The lowest BCUT2D eigenvalue weighted by Gasteiger charge is -2.13. The molecular weight excluding hydrogens is 336 g/mol. The fourth-order valence-electron chi connectivity index (χ4n) is 3.24. The van der Waals surface area contributed by atoms with Crippen molar-refractivity contribution < 1.29 is 18.1 Å². The number of hydrogen-bond acceptors (Lipinski definition) is 3. The second kappa shape index (κ2) is 5.58. The van der Waals surface area contributed by atoms with E-state index in [1.807, 2.05) is 18.2 Å². The van der Waals surface area contributed by atoms with Crippen LogP contribution < -0.4 is 0 Å². The van der Waals surface area contributed by atoms with Crippen molar-refractivity contribution in [2.24, 2.45) is 0 Å². The zero-order valence-corrected chi connectivity index (χ0v) is 13.9. The van der Waals surface area contributed by atoms with E-state index in [0.717, 1.165) is 16.2 Å². The van der Waals surface area contributed by atoms with E-state index in [-0.39, 0.29) is 10.6 Å². The molecular formula is C20H14O4S. The number of rotatable bonds is 2. The van der Waals surface area contributed by atoms with Crippen molar-refractivity contribution >= 4 is 31.7 Å². The first-order valence-electron chi connectivity index (χ1n) is 7.66. The Labute approximate surface area is 144 Å². The first-order valence-corrected chi connectivity index (χ1v) is 9.10. The van der Waals surface area contributed by atoms with E-state index in [1.54, 1.807) is 54.6 Å². The topological polar surface area (TPSA) is 74.6 Å². The van der Waals surface area contributed by atoms with Gasteiger partial charge in [0.05, 0.1) is 0 Å². The van der Waals surface area contributed by atoms with Crippen LogP contribution in [0.15, 0.2) is 77.7 Å². The van der Waals surface area contributed by atoms with Gasteiger partial charge in [0.25, 0.3) is 10.1 Å². The molecule has 0 heterocycles. The van der Waals surface area contributed by atoms with Gasteiger partial charge >= 0.3 is 0 Å². The summed E-state index contributed by atoms with van der Waals surface area (Å²) in [6.07, 6.45) is 0. The maximum absolute atomic E-state index is 12.1. The van der Waals surface area contributed by atoms with Gasteiger partial charge in [0.2, 0.25) is 0 Å². The highest BCUT2D eigenvalue weighted by Gasteiger charge is 2.21. The van der Waals surface area contributed by atoms with E-state index >= 15 is 0 Å². The van der Waals surface area contributed by atoms with Crippen LogP contribution in [0.1, 0.15) is 0 Å². The van der Waals surface area contributed by atoms with Crippen LogP contribution >= 0.6 is 0 Å². The Morgan fingerprint density at radius 1 is 0.680 bits per heavy atom. The second-order valence-corrected chi connectivity index (χ2v) is 7.21. The van der Waals surface area contributed by atoms with Gasteiger partial charge in [-0.15, -0.1) is 0 Å². The number of phenols is 1. The maximum Gasteiger partial charge on any atom is 0.295 e. The Kier molecular flexibility index (Phi) is 3.49. The summed E-state index contributed by atoms with van der Waals surface area (Å²) in [6.45, 7) is 0. The molecule has 0 saturated heterocycles. The minimum absolute atomic E-state index is 0.105. The van der Waals surface area contributed by atoms with E-state index in [4.69, 9.17) is 0 Å². The molecule has 0 saturated carbocycles. The SMILES string of the molecule is O=S(=O)(O)c1c(-c2cccc3cc(O)ccc23)ccc2ccccc12. The molecule has 4 nitrogen and oxygen atoms in total. The molecule has 0 aliphatic rings. The van der Waals surface area contributed by atoms with Gasteiger partial charge < -0.3 is 5.11 Å². The number of phenolic OH excluding ortho intramolecular Hbond substituents is 1. The summed E-state index contributed by atoms with van der Waals surface area (Å²) in [7, 11) is -4.43. The van der Waals surface area contributed by atoms with Crippen molar-refractivity contribution in [1.82, 2.24) is 0 Å². The molecule has 4 aromatic rings. The molecule has 0 aliphatic carbocycles. The van der Waals surface area contributed by atoms with Gasteiger partial charge in [0.1, 0.15) is 10.6 Å². The Bertz CT molecular complexity index is 1230. The fourth-order valence-corrected chi connectivity index (χ4v) is 4.16. The molecule has 0 fully saturated rings. The summed E-state index contributed by atoms with van der Waals surface area (Å²) in [5.41, 5.74) is 1.10. The Hall–Kier alpha value is -2.89. The van der Waals surface area contributed by atoms with Gasteiger partial charge in [-0.05, 0) is 33.9 Å². The highest BCUT2D eigenvalue weighted by molar-refractivity contribution is 7.86. The van der Waals surface area contributed by atoms with Crippen LogP contribution in [-0.4, -0.2) is 18.1 Å². The highest BCUT2D eigenvalue weighted by Crippen LogP contribution is 2.37. The zero-order valence-electron chi connectivity index (χ0n) is 13.0. The number of aromatic hydroxyl groups is 1. The first kappa shape index (κ1) is 15.6. The van der Waals surface area contributed by atoms with Crippen LogP contribution in [0.5, 0.6) is 5.75 Å². The Balaban J connectivity index is 2.16. The van der Waals surface area contributed by atoms with E-state index in [9.17, 15) is 18.1 Å². The lowest BCUT2D eigenvalue weighted by Crippen LogP contribution is -2.02. The molecule has 0 spiro atoms. The highest BCUT2D eigenvalue weighted by atomic mass is 32.2. The van der Waals surface area contributed by atoms with Crippen molar-refractivity contribution in [3.05, 3.63) is 72.8 Å². The molecule has 0 bridgehead atoms. The largest absolute Gasteiger partial charge is 0.508 e. The Morgan fingerprint density at radius 2 is 1.44 bits per heavy atom. The normalized spacial score (nSPS) is 11.9. The van der Waals surface area contributed by atoms with Gasteiger partial charge in [-0.2, -0.15) is 8.42 Å². The third-order valence-corrected chi connectivity index (χ3v) is 5.25. The standard InChI is InChI=1S/C20H14O4S/c21-15-9-11-16-14(12-15)5-3-7-18(16)19-10-8-13-4-1-2-6-17(13)20(19)25(22,23)24/h1-12,21H,(H,22,23,24). The number of benzene rings is 4. The predicted octanol–water partition coefficient (Wildman–Crippen LogP) is 4.61. The zero-order chi connectivity index (χ0) is 17.6. The maximum atomic E-state index is 12.1. The van der Waals surface area contributed by atoms with Crippen LogP contribution in [0.3, 0.4) is 0 Å². The van der Waals surface area contributed by atoms with Crippen LogP contribution in [0.2, 0.25) is 0 Å². The minimum Gasteiger partial charge on any atom is -0.508 e. The second-order valence-electron chi connectivity index (χ2n) is 5.85. The van der Waals surface area contributed by atoms with Crippen molar-refractivity contribution in [1.29, 1.82) is 0 Å². The quantitative estimate of drug-likeness (QED) is 0.518. The van der Waals surface area contributed by atoms with Crippen molar-refractivity contribution in [2.45, 2.75) is 4.90 Å². The lowest BCUT2D eigenvalue weighted by atomic mass is 9.96. The molecule has 0 aromatic heterocycles. The molecule has 124 valence electrons. The van der Waals surface area contributed by atoms with Crippen LogP contribution in [0, 0.1) is 0 Å². The summed E-state index contributed by atoms with van der Waals surface area (Å²) in [5.74, 6) is 0.137. The van der Waals surface area contributed by atoms with Crippen molar-refractivity contribution in [3.63, 3.8) is 0 Å². The van der Waals surface area contributed by atoms with E-state index < -0.39 is 10.1 Å². The predicted molar refractivity (Wildman–Crippen MR) is 98.4 cm³/mol. The van der Waals surface area contributed by atoms with Gasteiger partial charge in [-0.1, -0.05) is 60.7 Å². The van der Waals surface area contributed by atoms with Gasteiger partial charge in [-0.25, -0.2) is 0 Å². The van der Waals surface area contributed by atoms with Gasteiger partial charge in [0, 0.05) is 10.9 Å². The molecule has 5 heteroatoms. The van der Waals surface area contributed by atoms with Crippen LogP contribution in [0.25, 0.3) is 32.7 Å². The molecule has 0 amide bonds. The smallest absolute Gasteiger partial charge is 0.295 e. The van der Waals surface area contributed by atoms with Crippen LogP contribution in [0.4, 0.5) is 0 Å². The van der Waals surface area contributed by atoms with Crippen LogP contribution in [-0.2, 0) is 10.1 Å². The van der Waals surface area contributed by atoms with E-state index in [1.165, 1.54) is 0 Å². The third-order valence-electron chi connectivity index (χ3n) is 4.29. The molecule has 25 heavy (non-hydrogen) atoms. The van der Waals surface area contributed by atoms with E-state index in [2.05, 4.69) is 0 Å². The first-order chi connectivity index (χ1) is 11.9. The minimum atomic E-state index is -4.43. The molecule has 2 N–H and O–H groups in total. The molecule has 0 atom stereocenters. The molecule has 0 aliphatic heterocycles. The van der Waals surface area contributed by atoms with Crippen molar-refractivity contribution in [2.75, 3.05) is 0 Å². The molecule has 0 radical (unpaired) electrons. The third kappa shape index (κ3) is 2.63. The average molecular weight is 350 g/mol. The lowest BCUT2D eigenvalue weighted by molar-refractivity contribution is 0.476. The average Bonchev–Trinajstić information content (AvgIpc) is 2.59. The molecule has 4 aromatic carbocycles. The molecule has 4 rings (SSSR count). The van der Waals surface area contributed by atoms with Gasteiger partial charge in [0.15, 0.2) is 0 Å². The van der Waals surface area contributed by atoms with E-state index in [0.29, 0.717) is 16.5 Å². The monoisotopic (exact) mass is 350 g/mol. The van der Waals surface area contributed by atoms with Gasteiger partial charge in [-0.3, -0.25) is 4.55 Å². The summed E-state index contributed by atoms with van der Waals surface area (Å²) < 4.78 is 34.2. The summed E-state index contributed by atoms with van der Waals surface area (Å²) in [5, 5.41) is 12.5. The molecule has 0 unspecified atom stereocenters. The summed E-state index contributed by atoms with van der Waals surface area (Å²) >= 11 is 0. The fraction of sp³-hybridized carbons (Fsp3) is 0.